The number of carbonyl (C=O) groups is 2. The van der Waals surface area contributed by atoms with Gasteiger partial charge in [-0.3, -0.25) is 9.59 Å². The lowest BCUT2D eigenvalue weighted by molar-refractivity contribution is -0.135. The van der Waals surface area contributed by atoms with Gasteiger partial charge >= 0.3 is 0 Å². The van der Waals surface area contributed by atoms with Crippen molar-refractivity contribution in [2.45, 2.75) is 19.8 Å². The van der Waals surface area contributed by atoms with E-state index in [1.807, 2.05) is 36.1 Å². The Balaban J connectivity index is 1.79. The molecule has 6 heteroatoms. The number of hydrogen-bond donors (Lipinski definition) is 1. The van der Waals surface area contributed by atoms with Crippen LogP contribution in [0.1, 0.15) is 18.9 Å². The third kappa shape index (κ3) is 5.01. The minimum absolute atomic E-state index is 0.0401. The van der Waals surface area contributed by atoms with Gasteiger partial charge < -0.3 is 14.9 Å². The third-order valence-electron chi connectivity index (χ3n) is 5.34. The Bertz CT molecular complexity index is 853. The molecule has 29 heavy (non-hydrogen) atoms. The minimum atomic E-state index is -0.550. The lowest BCUT2D eigenvalue weighted by Gasteiger charge is -2.23. The summed E-state index contributed by atoms with van der Waals surface area (Å²) in [6.07, 6.45) is 1.34. The predicted molar refractivity (Wildman–Crippen MR) is 110 cm³/mol. The van der Waals surface area contributed by atoms with Crippen molar-refractivity contribution in [3.8, 4) is 11.1 Å². The smallest absolute Gasteiger partial charge is 0.248 e. The molecule has 0 spiro atoms. The lowest BCUT2D eigenvalue weighted by Crippen LogP contribution is -2.39. The Morgan fingerprint density at radius 2 is 1.86 bits per heavy atom. The number of aliphatic hydroxyl groups excluding tert-OH is 1. The number of halogens is 1. The molecular formula is C23H27FN2O3. The minimum Gasteiger partial charge on any atom is -0.387 e. The van der Waals surface area contributed by atoms with E-state index < -0.39 is 6.61 Å². The molecule has 0 bridgehead atoms. The van der Waals surface area contributed by atoms with Gasteiger partial charge in [-0.05, 0) is 30.0 Å². The number of aliphatic hydroxyl groups is 1. The van der Waals surface area contributed by atoms with E-state index in [4.69, 9.17) is 0 Å². The summed E-state index contributed by atoms with van der Waals surface area (Å²) in [6.45, 7) is 3.35. The molecule has 5 nitrogen and oxygen atoms in total. The number of hydrogen-bond acceptors (Lipinski definition) is 3. The molecule has 1 heterocycles. The highest BCUT2D eigenvalue weighted by atomic mass is 19.1. The van der Waals surface area contributed by atoms with Crippen LogP contribution in [0.25, 0.3) is 11.1 Å². The van der Waals surface area contributed by atoms with Crippen LogP contribution in [-0.2, 0) is 16.0 Å². The Morgan fingerprint density at radius 3 is 2.52 bits per heavy atom. The van der Waals surface area contributed by atoms with E-state index in [-0.39, 0.29) is 23.5 Å². The molecule has 1 aliphatic rings. The SMILES string of the molecule is CCCN1CCN(C(=O)CO)C[C@H](Cc2ccc(-c3ccccc3F)cc2)C1=O. The number of amides is 2. The van der Waals surface area contributed by atoms with Crippen LogP contribution in [0.3, 0.4) is 0 Å². The van der Waals surface area contributed by atoms with Gasteiger partial charge in [0.2, 0.25) is 11.8 Å². The molecule has 154 valence electrons. The average molecular weight is 398 g/mol. The van der Waals surface area contributed by atoms with Gasteiger partial charge in [0.25, 0.3) is 0 Å². The van der Waals surface area contributed by atoms with E-state index in [1.54, 1.807) is 23.1 Å². The molecule has 0 saturated carbocycles. The van der Waals surface area contributed by atoms with Gasteiger partial charge in [-0.15, -0.1) is 0 Å². The topological polar surface area (TPSA) is 60.9 Å². The van der Waals surface area contributed by atoms with Crippen molar-refractivity contribution in [3.63, 3.8) is 0 Å². The second-order valence-corrected chi connectivity index (χ2v) is 7.40. The zero-order valence-corrected chi connectivity index (χ0v) is 16.7. The van der Waals surface area contributed by atoms with Crippen molar-refractivity contribution in [2.75, 3.05) is 32.8 Å². The lowest BCUT2D eigenvalue weighted by atomic mass is 9.95. The van der Waals surface area contributed by atoms with Crippen LogP contribution in [-0.4, -0.2) is 59.5 Å². The average Bonchev–Trinajstić information content (AvgIpc) is 2.89. The van der Waals surface area contributed by atoms with Crippen molar-refractivity contribution in [3.05, 3.63) is 59.9 Å². The van der Waals surface area contributed by atoms with Crippen LogP contribution >= 0.6 is 0 Å². The Morgan fingerprint density at radius 1 is 1.14 bits per heavy atom. The largest absolute Gasteiger partial charge is 0.387 e. The third-order valence-corrected chi connectivity index (χ3v) is 5.34. The monoisotopic (exact) mass is 398 g/mol. The highest BCUT2D eigenvalue weighted by Gasteiger charge is 2.31. The zero-order valence-electron chi connectivity index (χ0n) is 16.7. The highest BCUT2D eigenvalue weighted by Crippen LogP contribution is 2.24. The summed E-state index contributed by atoms with van der Waals surface area (Å²) in [6, 6.07) is 14.1. The van der Waals surface area contributed by atoms with Gasteiger partial charge in [0.15, 0.2) is 0 Å². The first-order chi connectivity index (χ1) is 14.0. The normalized spacial score (nSPS) is 17.3. The summed E-state index contributed by atoms with van der Waals surface area (Å²) >= 11 is 0. The summed E-state index contributed by atoms with van der Waals surface area (Å²) in [4.78, 5) is 28.4. The maximum absolute atomic E-state index is 14.0. The van der Waals surface area contributed by atoms with Gasteiger partial charge in [-0.1, -0.05) is 49.4 Å². The number of rotatable bonds is 6. The summed E-state index contributed by atoms with van der Waals surface area (Å²) in [5.74, 6) is -0.944. The Labute approximate surface area is 170 Å². The van der Waals surface area contributed by atoms with Gasteiger partial charge in [0.05, 0.1) is 5.92 Å². The molecule has 1 aliphatic heterocycles. The second-order valence-electron chi connectivity index (χ2n) is 7.40. The van der Waals surface area contributed by atoms with E-state index in [1.165, 1.54) is 6.07 Å². The van der Waals surface area contributed by atoms with E-state index >= 15 is 0 Å². The van der Waals surface area contributed by atoms with Crippen molar-refractivity contribution in [1.29, 1.82) is 0 Å². The van der Waals surface area contributed by atoms with Crippen molar-refractivity contribution in [2.24, 2.45) is 5.92 Å². The zero-order chi connectivity index (χ0) is 20.8. The van der Waals surface area contributed by atoms with Crippen LogP contribution < -0.4 is 0 Å². The van der Waals surface area contributed by atoms with Gasteiger partial charge in [-0.2, -0.15) is 0 Å². The number of benzene rings is 2. The quantitative estimate of drug-likeness (QED) is 0.814. The molecule has 1 fully saturated rings. The first-order valence-electron chi connectivity index (χ1n) is 10.0. The summed E-state index contributed by atoms with van der Waals surface area (Å²) < 4.78 is 14.0. The van der Waals surface area contributed by atoms with Crippen LogP contribution in [0.15, 0.2) is 48.5 Å². The van der Waals surface area contributed by atoms with Gasteiger partial charge in [-0.25, -0.2) is 4.39 Å². The fraction of sp³-hybridized carbons (Fsp3) is 0.391. The molecule has 0 aromatic heterocycles. The fourth-order valence-electron chi connectivity index (χ4n) is 3.82. The van der Waals surface area contributed by atoms with E-state index in [2.05, 4.69) is 0 Å². The van der Waals surface area contributed by atoms with Crippen molar-refractivity contribution in [1.82, 2.24) is 9.80 Å². The summed E-state index contributed by atoms with van der Waals surface area (Å²) in [5.41, 5.74) is 2.28. The van der Waals surface area contributed by atoms with Crippen LogP contribution in [0.4, 0.5) is 4.39 Å². The Kier molecular flexibility index (Phi) is 6.99. The maximum Gasteiger partial charge on any atom is 0.248 e. The Hall–Kier alpha value is -2.73. The maximum atomic E-state index is 14.0. The van der Waals surface area contributed by atoms with Crippen molar-refractivity contribution < 1.29 is 19.1 Å². The molecule has 1 N–H and O–H groups in total. The molecule has 0 radical (unpaired) electrons. The molecular weight excluding hydrogens is 371 g/mol. The first kappa shape index (κ1) is 21.0. The fourth-order valence-corrected chi connectivity index (χ4v) is 3.82. The molecule has 3 rings (SSSR count). The molecule has 1 atom stereocenters. The number of nitrogens with zero attached hydrogens (tertiary/aromatic N) is 2. The van der Waals surface area contributed by atoms with Crippen LogP contribution in [0, 0.1) is 11.7 Å². The first-order valence-corrected chi connectivity index (χ1v) is 10.0. The van der Waals surface area contributed by atoms with Gasteiger partial charge in [0.1, 0.15) is 12.4 Å². The van der Waals surface area contributed by atoms with Crippen molar-refractivity contribution >= 4 is 11.8 Å². The number of carbonyl (C=O) groups excluding carboxylic acids is 2. The molecule has 0 aliphatic carbocycles. The van der Waals surface area contributed by atoms with E-state index in [0.29, 0.717) is 38.2 Å². The molecule has 2 aromatic rings. The highest BCUT2D eigenvalue weighted by molar-refractivity contribution is 5.82. The summed E-state index contributed by atoms with van der Waals surface area (Å²) in [5, 5.41) is 9.23. The van der Waals surface area contributed by atoms with E-state index in [9.17, 15) is 19.1 Å². The van der Waals surface area contributed by atoms with Crippen LogP contribution in [0.2, 0.25) is 0 Å². The predicted octanol–water partition coefficient (Wildman–Crippen LogP) is 2.72. The molecule has 2 aromatic carbocycles. The molecule has 1 saturated heterocycles. The second kappa shape index (κ2) is 9.65. The van der Waals surface area contributed by atoms with Crippen LogP contribution in [0.5, 0.6) is 0 Å². The van der Waals surface area contributed by atoms with E-state index in [0.717, 1.165) is 17.5 Å². The van der Waals surface area contributed by atoms with Gasteiger partial charge in [0, 0.05) is 31.7 Å². The molecule has 0 unspecified atom stereocenters. The molecule has 2 amide bonds. The summed E-state index contributed by atoms with van der Waals surface area (Å²) in [7, 11) is 0. The standard InChI is InChI=1S/C23H27FN2O3/c1-2-11-25-12-13-26(22(28)16-27)15-19(23(25)29)14-17-7-9-18(10-8-17)20-5-3-4-6-21(20)24/h3-10,19,27H,2,11-16H2,1H3/t19-/m0/s1.